The molecule has 1 atom stereocenters. The predicted octanol–water partition coefficient (Wildman–Crippen LogP) is 1.11. The summed E-state index contributed by atoms with van der Waals surface area (Å²) in [7, 11) is 0. The first-order chi connectivity index (χ1) is 8.20. The molecule has 88 valence electrons. The van der Waals surface area contributed by atoms with Crippen molar-refractivity contribution in [3.8, 4) is 12.3 Å². The molecule has 4 heteroatoms. The van der Waals surface area contributed by atoms with Crippen LogP contribution >= 0.6 is 0 Å². The molecule has 0 bridgehead atoms. The summed E-state index contributed by atoms with van der Waals surface area (Å²) in [6.45, 7) is 1.39. The van der Waals surface area contributed by atoms with Crippen LogP contribution in [0.5, 0.6) is 0 Å². The van der Waals surface area contributed by atoms with Gasteiger partial charge in [-0.25, -0.2) is 0 Å². The van der Waals surface area contributed by atoms with Crippen molar-refractivity contribution in [3.05, 3.63) is 29.6 Å². The van der Waals surface area contributed by atoms with Gasteiger partial charge in [-0.2, -0.15) is 0 Å². The molecule has 0 unspecified atom stereocenters. The van der Waals surface area contributed by atoms with E-state index in [2.05, 4.69) is 10.9 Å². The summed E-state index contributed by atoms with van der Waals surface area (Å²) >= 11 is 0. The van der Waals surface area contributed by atoms with Crippen LogP contribution < -0.4 is 0 Å². The Labute approximate surface area is 100 Å². The summed E-state index contributed by atoms with van der Waals surface area (Å²) in [4.78, 5) is 17.2. The van der Waals surface area contributed by atoms with E-state index >= 15 is 0 Å². The second-order valence-electron chi connectivity index (χ2n) is 4.15. The Balaban J connectivity index is 2.05. The highest BCUT2D eigenvalue weighted by Gasteiger charge is 2.30. The number of carboxylic acid groups (broad SMARTS) is 1. The van der Waals surface area contributed by atoms with E-state index in [4.69, 9.17) is 11.5 Å². The molecule has 1 aromatic heterocycles. The number of aliphatic carboxylic acids is 1. The minimum absolute atomic E-state index is 0.371. The van der Waals surface area contributed by atoms with Gasteiger partial charge in [0.05, 0.1) is 5.69 Å². The molecule has 0 aromatic carbocycles. The number of pyridine rings is 1. The van der Waals surface area contributed by atoms with Crippen LogP contribution in [0.2, 0.25) is 0 Å². The molecule has 1 aromatic rings. The fraction of sp³-hybridized carbons (Fsp3) is 0.385. The van der Waals surface area contributed by atoms with Gasteiger partial charge in [-0.3, -0.25) is 14.7 Å². The van der Waals surface area contributed by atoms with E-state index in [0.29, 0.717) is 6.54 Å². The van der Waals surface area contributed by atoms with E-state index in [1.807, 2.05) is 17.0 Å². The first kappa shape index (κ1) is 11.6. The van der Waals surface area contributed by atoms with Gasteiger partial charge in [0.15, 0.2) is 0 Å². The highest BCUT2D eigenvalue weighted by Crippen LogP contribution is 2.19. The number of carboxylic acids is 1. The second-order valence-corrected chi connectivity index (χ2v) is 4.15. The molecule has 1 aliphatic heterocycles. The number of aromatic nitrogens is 1. The highest BCUT2D eigenvalue weighted by molar-refractivity contribution is 5.73. The van der Waals surface area contributed by atoms with E-state index in [1.165, 1.54) is 0 Å². The lowest BCUT2D eigenvalue weighted by Gasteiger charge is -2.20. The maximum Gasteiger partial charge on any atom is 0.320 e. The molecule has 0 saturated carbocycles. The maximum atomic E-state index is 11.0. The van der Waals surface area contributed by atoms with Gasteiger partial charge >= 0.3 is 5.97 Å². The maximum absolute atomic E-state index is 11.0. The molecular weight excluding hydrogens is 216 g/mol. The number of hydrogen-bond donors (Lipinski definition) is 1. The predicted molar refractivity (Wildman–Crippen MR) is 63.2 cm³/mol. The zero-order valence-electron chi connectivity index (χ0n) is 9.47. The SMILES string of the molecule is C#Cc1ccc(CN2CCC[C@@H]2C(=O)O)nc1. The molecule has 1 N–H and O–H groups in total. The molecule has 4 nitrogen and oxygen atoms in total. The monoisotopic (exact) mass is 230 g/mol. The van der Waals surface area contributed by atoms with Crippen LogP contribution in [0, 0.1) is 12.3 Å². The lowest BCUT2D eigenvalue weighted by Crippen LogP contribution is -2.35. The number of hydrogen-bond acceptors (Lipinski definition) is 3. The van der Waals surface area contributed by atoms with Crippen LogP contribution in [0.1, 0.15) is 24.1 Å². The summed E-state index contributed by atoms with van der Waals surface area (Å²) in [6, 6.07) is 3.31. The fourth-order valence-corrected chi connectivity index (χ4v) is 2.11. The van der Waals surface area contributed by atoms with Gasteiger partial charge in [-0.1, -0.05) is 5.92 Å². The average Bonchev–Trinajstić information content (AvgIpc) is 2.78. The van der Waals surface area contributed by atoms with Gasteiger partial charge in [0.1, 0.15) is 6.04 Å². The molecule has 0 spiro atoms. The minimum atomic E-state index is -0.747. The molecule has 17 heavy (non-hydrogen) atoms. The van der Waals surface area contributed by atoms with Crippen molar-refractivity contribution in [2.24, 2.45) is 0 Å². The van der Waals surface area contributed by atoms with Crippen LogP contribution in [-0.2, 0) is 11.3 Å². The number of nitrogens with zero attached hydrogens (tertiary/aromatic N) is 2. The quantitative estimate of drug-likeness (QED) is 0.790. The van der Waals surface area contributed by atoms with E-state index in [-0.39, 0.29) is 6.04 Å². The Morgan fingerprint density at radius 1 is 1.65 bits per heavy atom. The Bertz CT molecular complexity index is 447. The molecule has 0 amide bonds. The number of terminal acetylenes is 1. The smallest absolute Gasteiger partial charge is 0.320 e. The normalized spacial score (nSPS) is 20.1. The number of likely N-dealkylation sites (tertiary alicyclic amines) is 1. The largest absolute Gasteiger partial charge is 0.480 e. The van der Waals surface area contributed by atoms with Crippen molar-refractivity contribution in [2.45, 2.75) is 25.4 Å². The van der Waals surface area contributed by atoms with Crippen LogP contribution in [-0.4, -0.2) is 33.5 Å². The summed E-state index contributed by atoms with van der Waals surface area (Å²) in [5, 5.41) is 9.06. The number of carbonyl (C=O) groups is 1. The Morgan fingerprint density at radius 3 is 3.06 bits per heavy atom. The summed E-state index contributed by atoms with van der Waals surface area (Å²) < 4.78 is 0. The molecule has 2 rings (SSSR count). The number of rotatable bonds is 3. The zero-order valence-corrected chi connectivity index (χ0v) is 9.47. The van der Waals surface area contributed by atoms with Crippen LogP contribution in [0.4, 0.5) is 0 Å². The molecular formula is C13H14N2O2. The average molecular weight is 230 g/mol. The topological polar surface area (TPSA) is 53.4 Å². The van der Waals surface area contributed by atoms with Crippen molar-refractivity contribution in [1.29, 1.82) is 0 Å². The van der Waals surface area contributed by atoms with Crippen molar-refractivity contribution in [1.82, 2.24) is 9.88 Å². The van der Waals surface area contributed by atoms with Crippen LogP contribution in [0.3, 0.4) is 0 Å². The van der Waals surface area contributed by atoms with Crippen LogP contribution in [0.25, 0.3) is 0 Å². The molecule has 1 fully saturated rings. The lowest BCUT2D eigenvalue weighted by atomic mass is 10.2. The van der Waals surface area contributed by atoms with Gasteiger partial charge in [0.25, 0.3) is 0 Å². The molecule has 2 heterocycles. The Hall–Kier alpha value is -1.86. The molecule has 0 aliphatic carbocycles. The lowest BCUT2D eigenvalue weighted by molar-refractivity contribution is -0.142. The highest BCUT2D eigenvalue weighted by atomic mass is 16.4. The first-order valence-corrected chi connectivity index (χ1v) is 5.59. The zero-order chi connectivity index (χ0) is 12.3. The van der Waals surface area contributed by atoms with Crippen molar-refractivity contribution >= 4 is 5.97 Å². The van der Waals surface area contributed by atoms with E-state index in [1.54, 1.807) is 6.20 Å². The van der Waals surface area contributed by atoms with E-state index in [9.17, 15) is 4.79 Å². The van der Waals surface area contributed by atoms with E-state index in [0.717, 1.165) is 30.6 Å². The van der Waals surface area contributed by atoms with Crippen molar-refractivity contribution in [3.63, 3.8) is 0 Å². The molecule has 1 saturated heterocycles. The molecule has 1 aliphatic rings. The summed E-state index contributed by atoms with van der Waals surface area (Å²) in [5.41, 5.74) is 1.60. The third-order valence-corrected chi connectivity index (χ3v) is 3.01. The van der Waals surface area contributed by atoms with Gasteiger partial charge in [-0.05, 0) is 31.5 Å². The Morgan fingerprint density at radius 2 is 2.47 bits per heavy atom. The van der Waals surface area contributed by atoms with Crippen molar-refractivity contribution < 1.29 is 9.90 Å². The van der Waals surface area contributed by atoms with Crippen molar-refractivity contribution in [2.75, 3.05) is 6.54 Å². The second kappa shape index (κ2) is 4.98. The molecule has 0 radical (unpaired) electrons. The van der Waals surface area contributed by atoms with Gasteiger partial charge in [0, 0.05) is 18.3 Å². The first-order valence-electron chi connectivity index (χ1n) is 5.59. The Kier molecular flexibility index (Phi) is 3.40. The third-order valence-electron chi connectivity index (χ3n) is 3.01. The summed E-state index contributed by atoms with van der Waals surface area (Å²) in [6.07, 6.45) is 8.54. The van der Waals surface area contributed by atoms with Crippen LogP contribution in [0.15, 0.2) is 18.3 Å². The van der Waals surface area contributed by atoms with Gasteiger partial charge in [0.2, 0.25) is 0 Å². The van der Waals surface area contributed by atoms with Gasteiger partial charge < -0.3 is 5.11 Å². The van der Waals surface area contributed by atoms with E-state index < -0.39 is 5.97 Å². The standard InChI is InChI=1S/C13H14N2O2/c1-2-10-5-6-11(14-8-10)9-15-7-3-4-12(15)13(16)17/h1,5-6,8,12H,3-4,7,9H2,(H,16,17)/t12-/m1/s1. The fourth-order valence-electron chi connectivity index (χ4n) is 2.11. The summed E-state index contributed by atoms with van der Waals surface area (Å²) in [5.74, 6) is 1.76. The third kappa shape index (κ3) is 2.63. The minimum Gasteiger partial charge on any atom is -0.480 e. The van der Waals surface area contributed by atoms with Gasteiger partial charge in [-0.15, -0.1) is 6.42 Å².